The fourth-order valence-corrected chi connectivity index (χ4v) is 2.10. The monoisotopic (exact) mass is 288 g/mol. The van der Waals surface area contributed by atoms with E-state index in [0.29, 0.717) is 22.7 Å². The minimum absolute atomic E-state index is 0.189. The average molecular weight is 288 g/mol. The van der Waals surface area contributed by atoms with Gasteiger partial charge in [-0.2, -0.15) is 0 Å². The lowest BCUT2D eigenvalue weighted by Crippen LogP contribution is -2.29. The Bertz CT molecular complexity index is 757. The summed E-state index contributed by atoms with van der Waals surface area (Å²) in [5.74, 6) is 5.99. The summed E-state index contributed by atoms with van der Waals surface area (Å²) in [7, 11) is 1.50. The van der Waals surface area contributed by atoms with Crippen LogP contribution in [-0.4, -0.2) is 17.3 Å². The number of furan rings is 1. The maximum absolute atomic E-state index is 13.7. The van der Waals surface area contributed by atoms with E-state index >= 15 is 0 Å². The quantitative estimate of drug-likeness (QED) is 0.563. The van der Waals surface area contributed by atoms with Gasteiger partial charge in [0.15, 0.2) is 11.4 Å². The third-order valence-corrected chi connectivity index (χ3v) is 3.13. The number of benzene rings is 1. The molecule has 0 saturated carbocycles. The second kappa shape index (κ2) is 5.47. The zero-order valence-electron chi connectivity index (χ0n) is 11.2. The van der Waals surface area contributed by atoms with Gasteiger partial charge in [0.2, 0.25) is 5.88 Å². The first kappa shape index (κ1) is 13.5. The van der Waals surface area contributed by atoms with E-state index in [-0.39, 0.29) is 5.58 Å². The van der Waals surface area contributed by atoms with Crippen molar-refractivity contribution in [3.63, 3.8) is 0 Å². The molecule has 0 spiro atoms. The van der Waals surface area contributed by atoms with Crippen molar-refractivity contribution in [1.29, 1.82) is 0 Å². The van der Waals surface area contributed by atoms with Gasteiger partial charge in [0, 0.05) is 11.5 Å². The van der Waals surface area contributed by atoms with Crippen molar-refractivity contribution in [1.82, 2.24) is 15.6 Å². The van der Waals surface area contributed by atoms with Gasteiger partial charge in [-0.1, -0.05) is 12.1 Å². The number of para-hydroxylation sites is 1. The molecule has 6 nitrogen and oxygen atoms in total. The van der Waals surface area contributed by atoms with Gasteiger partial charge in [0.05, 0.1) is 12.8 Å². The van der Waals surface area contributed by atoms with E-state index in [1.165, 1.54) is 13.2 Å². The summed E-state index contributed by atoms with van der Waals surface area (Å²) in [6, 6.07) is 9.28. The third kappa shape index (κ3) is 2.44. The van der Waals surface area contributed by atoms with E-state index in [9.17, 15) is 4.39 Å². The predicted octanol–water partition coefficient (Wildman–Crippen LogP) is 1.92. The summed E-state index contributed by atoms with van der Waals surface area (Å²) in [5, 5.41) is 8.56. The van der Waals surface area contributed by atoms with Gasteiger partial charge in [-0.3, -0.25) is 5.84 Å². The summed E-state index contributed by atoms with van der Waals surface area (Å²) in [6.45, 7) is 0. The van der Waals surface area contributed by atoms with Crippen LogP contribution in [0, 0.1) is 5.82 Å². The first-order valence-electron chi connectivity index (χ1n) is 6.24. The predicted molar refractivity (Wildman–Crippen MR) is 73.9 cm³/mol. The van der Waals surface area contributed by atoms with Gasteiger partial charge in [0.1, 0.15) is 11.8 Å². The largest absolute Gasteiger partial charge is 0.480 e. The Kier molecular flexibility index (Phi) is 3.51. The SMILES string of the molecule is COc1ccc(C(NN)c2cc3cccc(F)c3o2)nn1. The summed E-state index contributed by atoms with van der Waals surface area (Å²) >= 11 is 0. The molecule has 1 aromatic carbocycles. The van der Waals surface area contributed by atoms with Crippen LogP contribution in [0.2, 0.25) is 0 Å². The zero-order chi connectivity index (χ0) is 14.8. The first-order valence-corrected chi connectivity index (χ1v) is 6.24. The lowest BCUT2D eigenvalue weighted by atomic mass is 10.1. The molecule has 0 aliphatic heterocycles. The number of nitrogens with two attached hydrogens (primary N) is 1. The molecule has 21 heavy (non-hydrogen) atoms. The highest BCUT2D eigenvalue weighted by Crippen LogP contribution is 2.28. The van der Waals surface area contributed by atoms with Crippen LogP contribution in [0.4, 0.5) is 4.39 Å². The number of aromatic nitrogens is 2. The van der Waals surface area contributed by atoms with Crippen molar-refractivity contribution < 1.29 is 13.5 Å². The Hall–Kier alpha value is -2.51. The summed E-state index contributed by atoms with van der Waals surface area (Å²) < 4.78 is 24.2. The molecule has 0 radical (unpaired) electrons. The van der Waals surface area contributed by atoms with E-state index in [1.54, 1.807) is 30.3 Å². The number of halogens is 1. The fourth-order valence-electron chi connectivity index (χ4n) is 2.10. The molecule has 0 fully saturated rings. The number of hydrogen-bond acceptors (Lipinski definition) is 6. The van der Waals surface area contributed by atoms with Gasteiger partial charge in [-0.15, -0.1) is 10.2 Å². The summed E-state index contributed by atoms with van der Waals surface area (Å²) in [4.78, 5) is 0. The standard InChI is InChI=1S/C14H13FN4O2/c1-20-12-6-5-10(18-19-12)13(17-16)11-7-8-3-2-4-9(15)14(8)21-11/h2-7,13,17H,16H2,1H3. The number of methoxy groups -OCH3 is 1. The number of hydrogen-bond donors (Lipinski definition) is 2. The number of nitrogens with one attached hydrogen (secondary N) is 1. The van der Waals surface area contributed by atoms with E-state index in [2.05, 4.69) is 15.6 Å². The molecule has 0 aliphatic rings. The van der Waals surface area contributed by atoms with Crippen LogP contribution in [-0.2, 0) is 0 Å². The Morgan fingerprint density at radius 1 is 1.29 bits per heavy atom. The van der Waals surface area contributed by atoms with E-state index in [0.717, 1.165) is 0 Å². The highest BCUT2D eigenvalue weighted by molar-refractivity contribution is 5.78. The molecule has 2 heterocycles. The van der Waals surface area contributed by atoms with Crippen LogP contribution in [0.25, 0.3) is 11.0 Å². The molecule has 0 amide bonds. The molecular weight excluding hydrogens is 275 g/mol. The van der Waals surface area contributed by atoms with Crippen LogP contribution in [0.3, 0.4) is 0 Å². The van der Waals surface area contributed by atoms with Crippen molar-refractivity contribution in [3.8, 4) is 5.88 Å². The molecule has 3 rings (SSSR count). The second-order valence-electron chi connectivity index (χ2n) is 4.41. The molecule has 1 unspecified atom stereocenters. The third-order valence-electron chi connectivity index (χ3n) is 3.13. The molecule has 0 saturated heterocycles. The van der Waals surface area contributed by atoms with E-state index in [4.69, 9.17) is 15.0 Å². The van der Waals surface area contributed by atoms with Crippen molar-refractivity contribution >= 4 is 11.0 Å². The minimum Gasteiger partial charge on any atom is -0.480 e. The van der Waals surface area contributed by atoms with Crippen LogP contribution >= 0.6 is 0 Å². The molecule has 2 aromatic heterocycles. The molecule has 1 atom stereocenters. The zero-order valence-corrected chi connectivity index (χ0v) is 11.2. The van der Waals surface area contributed by atoms with Crippen LogP contribution in [0.5, 0.6) is 5.88 Å². The summed E-state index contributed by atoms with van der Waals surface area (Å²) in [5.41, 5.74) is 3.32. The molecule has 0 aliphatic carbocycles. The van der Waals surface area contributed by atoms with E-state index in [1.807, 2.05) is 0 Å². The number of fused-ring (bicyclic) bond motifs is 1. The van der Waals surface area contributed by atoms with Crippen molar-refractivity contribution in [2.75, 3.05) is 7.11 Å². The highest BCUT2D eigenvalue weighted by Gasteiger charge is 2.20. The van der Waals surface area contributed by atoms with Gasteiger partial charge in [0.25, 0.3) is 0 Å². The normalized spacial score (nSPS) is 12.5. The van der Waals surface area contributed by atoms with E-state index < -0.39 is 11.9 Å². The maximum Gasteiger partial charge on any atom is 0.233 e. The second-order valence-corrected chi connectivity index (χ2v) is 4.41. The fraction of sp³-hybridized carbons (Fsp3) is 0.143. The van der Waals surface area contributed by atoms with Crippen molar-refractivity contribution in [2.45, 2.75) is 6.04 Å². The number of nitrogens with zero attached hydrogens (tertiary/aromatic N) is 2. The van der Waals surface area contributed by atoms with Gasteiger partial charge in [-0.25, -0.2) is 9.82 Å². The molecule has 0 bridgehead atoms. The Balaban J connectivity index is 2.02. The Morgan fingerprint density at radius 2 is 2.14 bits per heavy atom. The lowest BCUT2D eigenvalue weighted by molar-refractivity contribution is 0.388. The molecule has 108 valence electrons. The number of ether oxygens (including phenoxy) is 1. The molecule has 3 N–H and O–H groups in total. The summed E-state index contributed by atoms with van der Waals surface area (Å²) in [6.07, 6.45) is 0. The number of hydrazine groups is 1. The average Bonchev–Trinajstić information content (AvgIpc) is 2.94. The minimum atomic E-state index is -0.532. The van der Waals surface area contributed by atoms with Crippen molar-refractivity contribution in [2.24, 2.45) is 5.84 Å². The Morgan fingerprint density at radius 3 is 2.76 bits per heavy atom. The smallest absolute Gasteiger partial charge is 0.233 e. The van der Waals surface area contributed by atoms with Crippen LogP contribution in [0.15, 0.2) is 40.8 Å². The van der Waals surface area contributed by atoms with Crippen molar-refractivity contribution in [3.05, 3.63) is 53.7 Å². The molecular formula is C14H13FN4O2. The van der Waals surface area contributed by atoms with Gasteiger partial charge >= 0.3 is 0 Å². The van der Waals surface area contributed by atoms with Gasteiger partial charge in [-0.05, 0) is 18.2 Å². The van der Waals surface area contributed by atoms with Crippen LogP contribution in [0.1, 0.15) is 17.5 Å². The molecule has 7 heteroatoms. The highest BCUT2D eigenvalue weighted by atomic mass is 19.1. The van der Waals surface area contributed by atoms with Gasteiger partial charge < -0.3 is 9.15 Å². The topological polar surface area (TPSA) is 86.2 Å². The lowest BCUT2D eigenvalue weighted by Gasteiger charge is -2.11. The van der Waals surface area contributed by atoms with Crippen LogP contribution < -0.4 is 16.0 Å². The molecule has 3 aromatic rings. The number of rotatable bonds is 4. The maximum atomic E-state index is 13.7. The first-order chi connectivity index (χ1) is 10.2. The Labute approximate surface area is 119 Å².